The van der Waals surface area contributed by atoms with Crippen LogP contribution in [0.1, 0.15) is 27.0 Å². The minimum atomic E-state index is -0.758. The maximum absolute atomic E-state index is 11.9. The van der Waals surface area contributed by atoms with Crippen LogP contribution in [0, 0.1) is 25.7 Å². The van der Waals surface area contributed by atoms with E-state index in [0.29, 0.717) is 11.1 Å². The average molecular weight is 324 g/mol. The van der Waals surface area contributed by atoms with E-state index in [1.54, 1.807) is 19.1 Å². The smallest absolute Gasteiger partial charge is 0.390 e. The molecule has 24 heavy (non-hydrogen) atoms. The van der Waals surface area contributed by atoms with E-state index in [4.69, 9.17) is 4.74 Å². The molecule has 1 N–H and O–H groups in total. The lowest BCUT2D eigenvalue weighted by Crippen LogP contribution is -2.09. The SMILES string of the molecule is COC(=O)c1c(C)cc(OC(=O)C#Cc2ccccc2)c(C)c1O. The largest absolute Gasteiger partial charge is 0.507 e. The third-order valence-electron chi connectivity index (χ3n) is 3.38. The second kappa shape index (κ2) is 7.34. The van der Waals surface area contributed by atoms with Gasteiger partial charge in [-0.2, -0.15) is 0 Å². The van der Waals surface area contributed by atoms with E-state index in [-0.39, 0.29) is 22.6 Å². The van der Waals surface area contributed by atoms with Gasteiger partial charge in [0.05, 0.1) is 7.11 Å². The number of hydrogen-bond donors (Lipinski definition) is 1. The van der Waals surface area contributed by atoms with Crippen LogP contribution in [0.2, 0.25) is 0 Å². The summed E-state index contributed by atoms with van der Waals surface area (Å²) in [5.74, 6) is 3.52. The molecule has 0 unspecified atom stereocenters. The Labute approximate surface area is 139 Å². The molecular weight excluding hydrogens is 308 g/mol. The van der Waals surface area contributed by atoms with E-state index >= 15 is 0 Å². The van der Waals surface area contributed by atoms with Gasteiger partial charge in [0.2, 0.25) is 0 Å². The van der Waals surface area contributed by atoms with Crippen molar-refractivity contribution in [2.75, 3.05) is 7.11 Å². The number of methoxy groups -OCH3 is 1. The minimum absolute atomic E-state index is 0.0465. The Bertz CT molecular complexity index is 842. The molecule has 0 atom stereocenters. The summed E-state index contributed by atoms with van der Waals surface area (Å²) >= 11 is 0. The fraction of sp³-hybridized carbons (Fsp3) is 0.158. The lowest BCUT2D eigenvalue weighted by molar-refractivity contribution is -0.128. The van der Waals surface area contributed by atoms with Gasteiger partial charge in [0.1, 0.15) is 17.1 Å². The van der Waals surface area contributed by atoms with Gasteiger partial charge in [0, 0.05) is 17.0 Å². The second-order valence-electron chi connectivity index (χ2n) is 5.04. The van der Waals surface area contributed by atoms with E-state index < -0.39 is 11.9 Å². The van der Waals surface area contributed by atoms with Crippen LogP contribution in [0.3, 0.4) is 0 Å². The van der Waals surface area contributed by atoms with Crippen molar-refractivity contribution >= 4 is 11.9 Å². The summed E-state index contributed by atoms with van der Waals surface area (Å²) in [6.07, 6.45) is 0. The highest BCUT2D eigenvalue weighted by Crippen LogP contribution is 2.33. The third kappa shape index (κ3) is 3.73. The molecule has 0 bridgehead atoms. The number of aryl methyl sites for hydroxylation is 1. The quantitative estimate of drug-likeness (QED) is 0.522. The number of esters is 2. The van der Waals surface area contributed by atoms with Crippen molar-refractivity contribution in [1.29, 1.82) is 0 Å². The van der Waals surface area contributed by atoms with Crippen LogP contribution in [0.5, 0.6) is 11.5 Å². The van der Waals surface area contributed by atoms with Gasteiger partial charge in [-0.3, -0.25) is 0 Å². The molecule has 2 aromatic rings. The van der Waals surface area contributed by atoms with Crippen LogP contribution >= 0.6 is 0 Å². The highest BCUT2D eigenvalue weighted by molar-refractivity contribution is 5.96. The summed E-state index contributed by atoms with van der Waals surface area (Å²) < 4.78 is 9.80. The van der Waals surface area contributed by atoms with Gasteiger partial charge in [0.15, 0.2) is 0 Å². The van der Waals surface area contributed by atoms with Gasteiger partial charge in [-0.15, -0.1) is 0 Å². The van der Waals surface area contributed by atoms with Crippen LogP contribution in [-0.2, 0) is 9.53 Å². The van der Waals surface area contributed by atoms with Gasteiger partial charge in [-0.1, -0.05) is 24.1 Å². The molecule has 0 amide bonds. The Morgan fingerprint density at radius 1 is 1.12 bits per heavy atom. The van der Waals surface area contributed by atoms with E-state index in [0.717, 1.165) is 0 Å². The number of hydrogen-bond acceptors (Lipinski definition) is 5. The molecule has 0 aliphatic rings. The first-order valence-electron chi connectivity index (χ1n) is 7.14. The molecular formula is C19H16O5. The van der Waals surface area contributed by atoms with Crippen LogP contribution in [-0.4, -0.2) is 24.2 Å². The lowest BCUT2D eigenvalue weighted by Gasteiger charge is -2.12. The molecule has 0 aromatic heterocycles. The highest BCUT2D eigenvalue weighted by Gasteiger charge is 2.21. The molecule has 0 fully saturated rings. The molecule has 5 heteroatoms. The van der Waals surface area contributed by atoms with Gasteiger partial charge < -0.3 is 14.6 Å². The zero-order chi connectivity index (χ0) is 17.7. The lowest BCUT2D eigenvalue weighted by atomic mass is 10.0. The van der Waals surface area contributed by atoms with Crippen molar-refractivity contribution in [3.05, 3.63) is 58.7 Å². The Balaban J connectivity index is 2.26. The van der Waals surface area contributed by atoms with E-state index in [2.05, 4.69) is 16.6 Å². The predicted octanol–water partition coefficient (Wildman–Crippen LogP) is 2.75. The maximum atomic E-state index is 11.9. The van der Waals surface area contributed by atoms with Crippen molar-refractivity contribution in [2.24, 2.45) is 0 Å². The Kier molecular flexibility index (Phi) is 5.23. The van der Waals surface area contributed by atoms with Crippen molar-refractivity contribution in [3.8, 4) is 23.3 Å². The topological polar surface area (TPSA) is 72.8 Å². The number of aromatic hydroxyl groups is 1. The number of carbonyl (C=O) groups excluding carboxylic acids is 2. The zero-order valence-electron chi connectivity index (χ0n) is 13.5. The molecule has 0 radical (unpaired) electrons. The Morgan fingerprint density at radius 2 is 1.79 bits per heavy atom. The predicted molar refractivity (Wildman–Crippen MR) is 87.9 cm³/mol. The second-order valence-corrected chi connectivity index (χ2v) is 5.04. The Hall–Kier alpha value is -3.26. The fourth-order valence-electron chi connectivity index (χ4n) is 2.10. The number of phenols is 1. The van der Waals surface area contributed by atoms with E-state index in [9.17, 15) is 14.7 Å². The van der Waals surface area contributed by atoms with E-state index in [1.807, 2.05) is 18.2 Å². The summed E-state index contributed by atoms with van der Waals surface area (Å²) in [6.45, 7) is 3.15. The van der Waals surface area contributed by atoms with Crippen molar-refractivity contribution in [1.82, 2.24) is 0 Å². The van der Waals surface area contributed by atoms with Crippen LogP contribution in [0.15, 0.2) is 36.4 Å². The minimum Gasteiger partial charge on any atom is -0.507 e. The zero-order valence-corrected chi connectivity index (χ0v) is 13.5. The normalized spacial score (nSPS) is 9.62. The van der Waals surface area contributed by atoms with Gasteiger partial charge in [-0.05, 0) is 37.6 Å². The third-order valence-corrected chi connectivity index (χ3v) is 3.38. The van der Waals surface area contributed by atoms with Crippen molar-refractivity contribution in [2.45, 2.75) is 13.8 Å². The molecule has 2 rings (SSSR count). The van der Waals surface area contributed by atoms with Crippen molar-refractivity contribution < 1.29 is 24.2 Å². The summed E-state index contributed by atoms with van der Waals surface area (Å²) in [5, 5.41) is 10.2. The molecule has 0 saturated carbocycles. The molecule has 0 aliphatic heterocycles. The first-order chi connectivity index (χ1) is 11.4. The summed E-state index contributed by atoms with van der Waals surface area (Å²) in [5.41, 5.74) is 1.43. The molecule has 0 spiro atoms. The first-order valence-corrected chi connectivity index (χ1v) is 7.14. The van der Waals surface area contributed by atoms with Crippen LogP contribution in [0.4, 0.5) is 0 Å². The molecule has 122 valence electrons. The van der Waals surface area contributed by atoms with Gasteiger partial charge >= 0.3 is 11.9 Å². The molecule has 0 aliphatic carbocycles. The Morgan fingerprint density at radius 3 is 2.42 bits per heavy atom. The molecule has 0 saturated heterocycles. The molecule has 5 nitrogen and oxygen atoms in total. The van der Waals surface area contributed by atoms with Gasteiger partial charge in [0.25, 0.3) is 0 Å². The number of phenolic OH excluding ortho intramolecular Hbond substituents is 1. The first kappa shape index (κ1) is 17.1. The standard InChI is InChI=1S/C19H16O5/c1-12-11-15(13(2)18(21)17(12)19(22)23-3)24-16(20)10-9-14-7-5-4-6-8-14/h4-8,11,21H,1-3H3. The van der Waals surface area contributed by atoms with Crippen LogP contribution < -0.4 is 4.74 Å². The monoisotopic (exact) mass is 324 g/mol. The van der Waals surface area contributed by atoms with Crippen molar-refractivity contribution in [3.63, 3.8) is 0 Å². The molecule has 2 aromatic carbocycles. The summed E-state index contributed by atoms with van der Waals surface area (Å²) in [7, 11) is 1.23. The van der Waals surface area contributed by atoms with Crippen LogP contribution in [0.25, 0.3) is 0 Å². The molecule has 0 heterocycles. The fourth-order valence-corrected chi connectivity index (χ4v) is 2.10. The van der Waals surface area contributed by atoms with Gasteiger partial charge in [-0.25, -0.2) is 9.59 Å². The summed E-state index contributed by atoms with van der Waals surface area (Å²) in [4.78, 5) is 23.6. The summed E-state index contributed by atoms with van der Waals surface area (Å²) in [6, 6.07) is 10.5. The maximum Gasteiger partial charge on any atom is 0.390 e. The number of rotatable bonds is 2. The van der Waals surface area contributed by atoms with E-state index in [1.165, 1.54) is 20.1 Å². The average Bonchev–Trinajstić information content (AvgIpc) is 2.58. The number of carbonyl (C=O) groups is 2. The number of ether oxygens (including phenoxy) is 2. The highest BCUT2D eigenvalue weighted by atomic mass is 16.5. The number of benzene rings is 2.